The van der Waals surface area contributed by atoms with Crippen LogP contribution in [0.2, 0.25) is 0 Å². The molecule has 0 bridgehead atoms. The summed E-state index contributed by atoms with van der Waals surface area (Å²) >= 11 is 0. The van der Waals surface area contributed by atoms with Crippen LogP contribution in [0.1, 0.15) is 52.8 Å². The Labute approximate surface area is 280 Å². The molecule has 0 aliphatic rings. The van der Waals surface area contributed by atoms with Crippen molar-refractivity contribution in [2.24, 2.45) is 0 Å². The van der Waals surface area contributed by atoms with Gasteiger partial charge in [-0.2, -0.15) is 0 Å². The molecule has 6 N–H and O–H groups in total. The van der Waals surface area contributed by atoms with Gasteiger partial charge in [-0.15, -0.1) is 0 Å². The minimum absolute atomic E-state index is 0.131. The normalized spacial score (nSPS) is 14.1. The van der Waals surface area contributed by atoms with Gasteiger partial charge in [0.2, 0.25) is 0 Å². The van der Waals surface area contributed by atoms with Crippen molar-refractivity contribution in [1.82, 2.24) is 10.6 Å². The van der Waals surface area contributed by atoms with Crippen LogP contribution in [0.15, 0.2) is 72.8 Å². The van der Waals surface area contributed by atoms with Gasteiger partial charge in [0, 0.05) is 18.7 Å². The molecule has 0 saturated heterocycles. The Hall–Kier alpha value is -4.67. The number of aliphatic carboxylic acids is 2. The van der Waals surface area contributed by atoms with Crippen molar-refractivity contribution < 1.29 is 34.4 Å². The van der Waals surface area contributed by atoms with E-state index >= 15 is 4.39 Å². The third-order valence-corrected chi connectivity index (χ3v) is 9.05. The number of carbonyl (C=O) groups is 2. The minimum atomic E-state index is -1.52. The summed E-state index contributed by atoms with van der Waals surface area (Å²) in [4.78, 5) is 23.2. The molecule has 0 saturated carbocycles. The van der Waals surface area contributed by atoms with Crippen molar-refractivity contribution in [2.45, 2.75) is 58.8 Å². The highest BCUT2D eigenvalue weighted by Gasteiger charge is 2.32. The molecule has 0 aromatic heterocycles. The number of rotatable bonds is 14. The summed E-state index contributed by atoms with van der Waals surface area (Å²) in [6, 6.07) is 22.4. The van der Waals surface area contributed by atoms with Gasteiger partial charge >= 0.3 is 11.9 Å². The van der Waals surface area contributed by atoms with Gasteiger partial charge in [0.05, 0.1) is 13.2 Å². The summed E-state index contributed by atoms with van der Waals surface area (Å²) in [5.41, 5.74) is 6.65. The van der Waals surface area contributed by atoms with Crippen LogP contribution in [0.4, 0.5) is 4.39 Å². The number of aryl methyl sites for hydroxylation is 1. The van der Waals surface area contributed by atoms with Crippen LogP contribution in [0.3, 0.4) is 0 Å². The first kappa shape index (κ1) is 36.2. The molecule has 0 heterocycles. The van der Waals surface area contributed by atoms with E-state index in [-0.39, 0.29) is 13.1 Å². The molecule has 0 amide bonds. The molecule has 0 radical (unpaired) electrons. The average Bonchev–Trinajstić information content (AvgIpc) is 3.07. The highest BCUT2D eigenvalue weighted by atomic mass is 19.1. The predicted octanol–water partition coefficient (Wildman–Crippen LogP) is 6.11. The second-order valence-corrected chi connectivity index (χ2v) is 12.6. The molecule has 252 valence electrons. The number of halogens is 1. The van der Waals surface area contributed by atoms with E-state index in [4.69, 9.17) is 0 Å². The second-order valence-electron chi connectivity index (χ2n) is 12.6. The van der Waals surface area contributed by atoms with Gasteiger partial charge in [0.25, 0.3) is 0 Å². The Balaban J connectivity index is 1.63. The molecule has 8 nitrogen and oxygen atoms in total. The summed E-state index contributed by atoms with van der Waals surface area (Å²) in [6.45, 7) is 8.14. The molecule has 0 unspecified atom stereocenters. The number of aliphatic hydroxyl groups excluding tert-OH is 2. The molecule has 0 spiro atoms. The van der Waals surface area contributed by atoms with Gasteiger partial charge in [0.15, 0.2) is 0 Å². The van der Waals surface area contributed by atoms with E-state index in [1.807, 2.05) is 87.5 Å². The lowest BCUT2D eigenvalue weighted by molar-refractivity contribution is -0.146. The van der Waals surface area contributed by atoms with Gasteiger partial charge in [-0.1, -0.05) is 72.8 Å². The molecule has 2 atom stereocenters. The van der Waals surface area contributed by atoms with Crippen molar-refractivity contribution in [3.05, 3.63) is 118 Å². The fraction of sp³-hybridized carbons (Fsp3) is 0.282. The summed E-state index contributed by atoms with van der Waals surface area (Å²) in [6.07, 6.45) is 4.07. The first-order valence-corrected chi connectivity index (χ1v) is 15.7. The van der Waals surface area contributed by atoms with Crippen molar-refractivity contribution in [3.63, 3.8) is 0 Å². The number of benzene rings is 4. The molecule has 48 heavy (non-hydrogen) atoms. The zero-order chi connectivity index (χ0) is 35.2. The van der Waals surface area contributed by atoms with Crippen LogP contribution in [0, 0.1) is 26.6 Å². The maximum Gasteiger partial charge on any atom is 0.326 e. The number of hydrogen-bond acceptors (Lipinski definition) is 6. The standard InChI is InChI=1S/C39H43FN2O6/c1-24-12-13-27(20-41-38(4,22-43)36(45)46)18-30(24)16-15-29-8-6-9-31(25(29)2)32-10-7-11-33(26(32)3)34-19-28(14-17-35(34)40)21-42-39(5,23-44)37(47)48/h6-19,41-44H,20-23H2,1-5H3,(H,45,46)(H,47,48)/b16-15+/t38-,39-/m0/s1. The van der Waals surface area contributed by atoms with Crippen LogP contribution in [-0.2, 0) is 22.7 Å². The van der Waals surface area contributed by atoms with E-state index in [9.17, 15) is 30.0 Å². The Morgan fingerprint density at radius 1 is 0.667 bits per heavy atom. The lowest BCUT2D eigenvalue weighted by atomic mass is 9.88. The topological polar surface area (TPSA) is 139 Å². The summed E-state index contributed by atoms with van der Waals surface area (Å²) in [5, 5.41) is 43.9. The number of carboxylic acid groups (broad SMARTS) is 2. The second kappa shape index (κ2) is 15.0. The van der Waals surface area contributed by atoms with Gasteiger partial charge in [0.1, 0.15) is 16.9 Å². The first-order chi connectivity index (χ1) is 22.7. The SMILES string of the molecule is Cc1ccc(CN[C@@](C)(CO)C(=O)O)cc1/C=C/c1cccc(-c2cccc(-c3cc(CN[C@@](C)(CO)C(=O)O)ccc3F)c2C)c1C. The van der Waals surface area contributed by atoms with E-state index in [2.05, 4.69) is 10.6 Å². The van der Waals surface area contributed by atoms with Crippen LogP contribution in [-0.4, -0.2) is 56.7 Å². The average molecular weight is 655 g/mol. The van der Waals surface area contributed by atoms with Crippen molar-refractivity contribution >= 4 is 24.1 Å². The quantitative estimate of drug-likeness (QED) is 0.0897. The summed E-state index contributed by atoms with van der Waals surface area (Å²) < 4.78 is 15.3. The smallest absolute Gasteiger partial charge is 0.326 e. The zero-order valence-electron chi connectivity index (χ0n) is 27.9. The summed E-state index contributed by atoms with van der Waals surface area (Å²) in [5.74, 6) is -2.69. The van der Waals surface area contributed by atoms with E-state index in [1.54, 1.807) is 12.1 Å². The molecule has 4 rings (SSSR count). The van der Waals surface area contributed by atoms with Gasteiger partial charge in [-0.05, 0) is 102 Å². The van der Waals surface area contributed by atoms with Gasteiger partial charge in [-0.25, -0.2) is 4.39 Å². The number of carboxylic acids is 2. The molecule has 0 aliphatic carbocycles. The Kier molecular flexibility index (Phi) is 11.3. The minimum Gasteiger partial charge on any atom is -0.480 e. The fourth-order valence-electron chi connectivity index (χ4n) is 5.39. The van der Waals surface area contributed by atoms with E-state index in [0.717, 1.165) is 50.1 Å². The van der Waals surface area contributed by atoms with E-state index < -0.39 is 42.0 Å². The van der Waals surface area contributed by atoms with Gasteiger partial charge in [-0.3, -0.25) is 20.2 Å². The first-order valence-electron chi connectivity index (χ1n) is 15.7. The van der Waals surface area contributed by atoms with Crippen LogP contribution < -0.4 is 10.6 Å². The number of aliphatic hydroxyl groups is 2. The van der Waals surface area contributed by atoms with Crippen LogP contribution >= 0.6 is 0 Å². The lowest BCUT2D eigenvalue weighted by Gasteiger charge is -2.24. The van der Waals surface area contributed by atoms with Crippen molar-refractivity contribution in [1.29, 1.82) is 0 Å². The molecule has 4 aromatic rings. The zero-order valence-corrected chi connectivity index (χ0v) is 27.9. The highest BCUT2D eigenvalue weighted by Crippen LogP contribution is 2.36. The molecular formula is C39H43FN2O6. The van der Waals surface area contributed by atoms with E-state index in [1.165, 1.54) is 19.9 Å². The third kappa shape index (κ3) is 7.89. The Bertz CT molecular complexity index is 1850. The molecule has 0 aliphatic heterocycles. The number of hydrogen-bond donors (Lipinski definition) is 6. The lowest BCUT2D eigenvalue weighted by Crippen LogP contribution is -2.52. The Morgan fingerprint density at radius 3 is 1.71 bits per heavy atom. The molecule has 4 aromatic carbocycles. The third-order valence-electron chi connectivity index (χ3n) is 9.05. The largest absolute Gasteiger partial charge is 0.480 e. The maximum atomic E-state index is 15.3. The summed E-state index contributed by atoms with van der Waals surface area (Å²) in [7, 11) is 0. The molecule has 0 fully saturated rings. The van der Waals surface area contributed by atoms with Crippen molar-refractivity contribution in [3.8, 4) is 22.3 Å². The van der Waals surface area contributed by atoms with Gasteiger partial charge < -0.3 is 20.4 Å². The van der Waals surface area contributed by atoms with Crippen LogP contribution in [0.5, 0.6) is 0 Å². The van der Waals surface area contributed by atoms with Crippen LogP contribution in [0.25, 0.3) is 34.4 Å². The Morgan fingerprint density at radius 2 is 1.15 bits per heavy atom. The van der Waals surface area contributed by atoms with Crippen molar-refractivity contribution in [2.75, 3.05) is 13.2 Å². The van der Waals surface area contributed by atoms with E-state index in [0.29, 0.717) is 11.1 Å². The molecule has 9 heteroatoms. The molecular weight excluding hydrogens is 611 g/mol. The fourth-order valence-corrected chi connectivity index (χ4v) is 5.39. The predicted molar refractivity (Wildman–Crippen MR) is 187 cm³/mol. The number of nitrogens with one attached hydrogen (secondary N) is 2. The monoisotopic (exact) mass is 654 g/mol. The maximum absolute atomic E-state index is 15.3. The highest BCUT2D eigenvalue weighted by molar-refractivity contribution is 5.83.